The van der Waals surface area contributed by atoms with Crippen LogP contribution in [0.1, 0.15) is 35.0 Å². The van der Waals surface area contributed by atoms with Crippen molar-refractivity contribution in [1.82, 2.24) is 4.90 Å². The highest BCUT2D eigenvalue weighted by Crippen LogP contribution is 2.43. The number of amides is 2. The standard InChI is InChI=1S/C14H15NO4S/c1-7-4-9-10(5-7)13(17)15(12(9)16)6-8-2-3-20-11(8)14(18)19/h2-3,7,9-10H,4-6H2,1H3,(H,18,19). The molecule has 3 rings (SSSR count). The third-order valence-electron chi connectivity index (χ3n) is 4.23. The van der Waals surface area contributed by atoms with Crippen LogP contribution in [0, 0.1) is 17.8 Å². The van der Waals surface area contributed by atoms with Crippen molar-refractivity contribution in [2.45, 2.75) is 26.3 Å². The molecule has 2 atom stereocenters. The predicted molar refractivity (Wildman–Crippen MR) is 72.2 cm³/mol. The maximum Gasteiger partial charge on any atom is 0.346 e. The number of hydrogen-bond acceptors (Lipinski definition) is 4. The normalized spacial score (nSPS) is 29.1. The SMILES string of the molecule is CC1CC2C(=O)N(Cc3ccsc3C(=O)O)C(=O)C2C1. The van der Waals surface area contributed by atoms with Gasteiger partial charge < -0.3 is 5.11 Å². The number of rotatable bonds is 3. The van der Waals surface area contributed by atoms with Crippen molar-refractivity contribution in [3.8, 4) is 0 Å². The van der Waals surface area contributed by atoms with E-state index in [0.29, 0.717) is 11.5 Å². The van der Waals surface area contributed by atoms with Crippen molar-refractivity contribution in [3.63, 3.8) is 0 Å². The van der Waals surface area contributed by atoms with E-state index in [2.05, 4.69) is 6.92 Å². The lowest BCUT2D eigenvalue weighted by atomic mass is 10.00. The molecule has 0 bridgehead atoms. The summed E-state index contributed by atoms with van der Waals surface area (Å²) in [6, 6.07) is 1.67. The summed E-state index contributed by atoms with van der Waals surface area (Å²) >= 11 is 1.12. The lowest BCUT2D eigenvalue weighted by Crippen LogP contribution is -2.32. The average molecular weight is 293 g/mol. The van der Waals surface area contributed by atoms with E-state index in [1.54, 1.807) is 11.4 Å². The van der Waals surface area contributed by atoms with Crippen molar-refractivity contribution >= 4 is 29.1 Å². The molecule has 6 heteroatoms. The first kappa shape index (κ1) is 13.3. The summed E-state index contributed by atoms with van der Waals surface area (Å²) in [7, 11) is 0. The van der Waals surface area contributed by atoms with Gasteiger partial charge in [0.25, 0.3) is 0 Å². The first-order valence-electron chi connectivity index (χ1n) is 6.64. The van der Waals surface area contributed by atoms with Crippen LogP contribution in [0.25, 0.3) is 0 Å². The molecule has 1 aliphatic carbocycles. The van der Waals surface area contributed by atoms with Gasteiger partial charge in [0, 0.05) is 0 Å². The van der Waals surface area contributed by atoms with E-state index in [0.717, 1.165) is 24.2 Å². The van der Waals surface area contributed by atoms with Crippen molar-refractivity contribution in [2.75, 3.05) is 0 Å². The second-order valence-corrected chi connectivity index (χ2v) is 6.55. The fourth-order valence-electron chi connectivity index (χ4n) is 3.32. The zero-order chi connectivity index (χ0) is 14.4. The van der Waals surface area contributed by atoms with Gasteiger partial charge in [-0.25, -0.2) is 4.79 Å². The maximum absolute atomic E-state index is 12.3. The fraction of sp³-hybridized carbons (Fsp3) is 0.500. The molecule has 5 nitrogen and oxygen atoms in total. The lowest BCUT2D eigenvalue weighted by Gasteiger charge is -2.16. The minimum Gasteiger partial charge on any atom is -0.477 e. The van der Waals surface area contributed by atoms with E-state index in [4.69, 9.17) is 5.11 Å². The molecule has 0 aromatic carbocycles. The van der Waals surface area contributed by atoms with Crippen LogP contribution in [-0.4, -0.2) is 27.8 Å². The molecule has 1 aromatic rings. The number of nitrogens with zero attached hydrogens (tertiary/aromatic N) is 1. The molecule has 1 aromatic heterocycles. The zero-order valence-corrected chi connectivity index (χ0v) is 11.9. The quantitative estimate of drug-likeness (QED) is 0.865. The molecule has 1 aliphatic heterocycles. The summed E-state index contributed by atoms with van der Waals surface area (Å²) in [6.45, 7) is 2.15. The van der Waals surface area contributed by atoms with Crippen LogP contribution in [0.4, 0.5) is 0 Å². The Hall–Kier alpha value is -1.69. The number of likely N-dealkylation sites (tertiary alicyclic amines) is 1. The van der Waals surface area contributed by atoms with Crippen LogP contribution in [0.5, 0.6) is 0 Å². The van der Waals surface area contributed by atoms with Crippen molar-refractivity contribution < 1.29 is 19.5 Å². The van der Waals surface area contributed by atoms with Crippen LogP contribution in [0.2, 0.25) is 0 Å². The summed E-state index contributed by atoms with van der Waals surface area (Å²) in [4.78, 5) is 37.2. The molecule has 2 unspecified atom stereocenters. The Morgan fingerprint density at radius 1 is 1.35 bits per heavy atom. The van der Waals surface area contributed by atoms with Crippen molar-refractivity contribution in [2.24, 2.45) is 17.8 Å². The second kappa shape index (κ2) is 4.70. The van der Waals surface area contributed by atoms with Gasteiger partial charge in [-0.2, -0.15) is 0 Å². The largest absolute Gasteiger partial charge is 0.477 e. The molecular weight excluding hydrogens is 278 g/mol. The Labute approximate surface area is 120 Å². The Morgan fingerprint density at radius 2 is 1.95 bits per heavy atom. The first-order chi connectivity index (χ1) is 9.49. The minimum atomic E-state index is -1.01. The van der Waals surface area contributed by atoms with Crippen LogP contribution in [0.15, 0.2) is 11.4 Å². The Kier molecular flexibility index (Phi) is 3.12. The van der Waals surface area contributed by atoms with Gasteiger partial charge in [-0.3, -0.25) is 14.5 Å². The fourth-order valence-corrected chi connectivity index (χ4v) is 4.07. The van der Waals surface area contributed by atoms with E-state index < -0.39 is 5.97 Å². The molecular formula is C14H15NO4S. The van der Waals surface area contributed by atoms with E-state index in [1.165, 1.54) is 4.90 Å². The molecule has 0 spiro atoms. The predicted octanol–water partition coefficient (Wildman–Crippen LogP) is 1.98. The van der Waals surface area contributed by atoms with Gasteiger partial charge in [0.1, 0.15) is 4.88 Å². The van der Waals surface area contributed by atoms with Gasteiger partial charge in [0.15, 0.2) is 0 Å². The number of carboxylic acid groups (broad SMARTS) is 1. The summed E-state index contributed by atoms with van der Waals surface area (Å²) in [5, 5.41) is 10.8. The highest BCUT2D eigenvalue weighted by Gasteiger charge is 2.51. The van der Waals surface area contributed by atoms with Gasteiger partial charge in [-0.15, -0.1) is 11.3 Å². The molecule has 2 amide bonds. The molecule has 2 fully saturated rings. The molecule has 1 saturated carbocycles. The number of carbonyl (C=O) groups excluding carboxylic acids is 2. The van der Waals surface area contributed by atoms with E-state index in [1.807, 2.05) is 0 Å². The number of thiophene rings is 1. The minimum absolute atomic E-state index is 0.0875. The van der Waals surface area contributed by atoms with Crippen LogP contribution in [-0.2, 0) is 16.1 Å². The van der Waals surface area contributed by atoms with Gasteiger partial charge >= 0.3 is 5.97 Å². The number of carboxylic acids is 1. The third-order valence-corrected chi connectivity index (χ3v) is 5.18. The zero-order valence-electron chi connectivity index (χ0n) is 11.0. The Bertz CT molecular complexity index is 570. The molecule has 106 valence electrons. The average Bonchev–Trinajstić information content (AvgIpc) is 3.04. The summed E-state index contributed by atoms with van der Waals surface area (Å²) < 4.78 is 0. The number of imide groups is 1. The Morgan fingerprint density at radius 3 is 2.50 bits per heavy atom. The first-order valence-corrected chi connectivity index (χ1v) is 7.52. The molecule has 2 heterocycles. The summed E-state index contributed by atoms with van der Waals surface area (Å²) in [5.74, 6) is -1.24. The van der Waals surface area contributed by atoms with E-state index in [9.17, 15) is 14.4 Å². The van der Waals surface area contributed by atoms with Crippen molar-refractivity contribution in [1.29, 1.82) is 0 Å². The summed E-state index contributed by atoms with van der Waals surface area (Å²) in [6.07, 6.45) is 1.53. The highest BCUT2D eigenvalue weighted by molar-refractivity contribution is 7.12. The van der Waals surface area contributed by atoms with Crippen LogP contribution >= 0.6 is 11.3 Å². The van der Waals surface area contributed by atoms with Crippen LogP contribution < -0.4 is 0 Å². The molecule has 0 radical (unpaired) electrons. The van der Waals surface area contributed by atoms with E-state index in [-0.39, 0.29) is 35.1 Å². The number of carbonyl (C=O) groups is 3. The van der Waals surface area contributed by atoms with Gasteiger partial charge in [-0.1, -0.05) is 6.92 Å². The summed E-state index contributed by atoms with van der Waals surface area (Å²) in [5.41, 5.74) is 0.539. The Balaban J connectivity index is 1.82. The van der Waals surface area contributed by atoms with Gasteiger partial charge in [-0.05, 0) is 35.8 Å². The molecule has 20 heavy (non-hydrogen) atoms. The molecule has 1 saturated heterocycles. The van der Waals surface area contributed by atoms with Crippen molar-refractivity contribution in [3.05, 3.63) is 21.9 Å². The number of hydrogen-bond donors (Lipinski definition) is 1. The van der Waals surface area contributed by atoms with E-state index >= 15 is 0 Å². The highest BCUT2D eigenvalue weighted by atomic mass is 32.1. The topological polar surface area (TPSA) is 74.7 Å². The third kappa shape index (κ3) is 1.95. The van der Waals surface area contributed by atoms with Gasteiger partial charge in [0.2, 0.25) is 11.8 Å². The smallest absolute Gasteiger partial charge is 0.346 e. The number of aromatic carboxylic acids is 1. The number of fused-ring (bicyclic) bond motifs is 1. The maximum atomic E-state index is 12.3. The second-order valence-electron chi connectivity index (χ2n) is 5.63. The van der Waals surface area contributed by atoms with Gasteiger partial charge in [0.05, 0.1) is 18.4 Å². The molecule has 1 N–H and O–H groups in total. The molecule has 2 aliphatic rings. The lowest BCUT2D eigenvalue weighted by molar-refractivity contribution is -0.141. The monoisotopic (exact) mass is 293 g/mol. The van der Waals surface area contributed by atoms with Crippen LogP contribution in [0.3, 0.4) is 0 Å².